The second-order valence-corrected chi connectivity index (χ2v) is 4.54. The van der Waals surface area contributed by atoms with E-state index in [1.54, 1.807) is 31.4 Å². The van der Waals surface area contributed by atoms with E-state index in [2.05, 4.69) is 15.6 Å². The van der Waals surface area contributed by atoms with Crippen LogP contribution in [-0.2, 0) is 6.54 Å². The molecule has 5 nitrogen and oxygen atoms in total. The Bertz CT molecular complexity index is 625. The van der Waals surface area contributed by atoms with Gasteiger partial charge in [-0.05, 0) is 42.3 Å². The van der Waals surface area contributed by atoms with Crippen molar-refractivity contribution in [2.24, 2.45) is 0 Å². The van der Waals surface area contributed by atoms with Crippen molar-refractivity contribution in [3.05, 3.63) is 53.3 Å². The Balaban J connectivity index is 2.22. The lowest BCUT2D eigenvalue weighted by atomic mass is 10.1. The third kappa shape index (κ3) is 3.06. The number of anilines is 2. The van der Waals surface area contributed by atoms with Crippen LogP contribution in [0.2, 0.25) is 0 Å². The van der Waals surface area contributed by atoms with Gasteiger partial charge in [0.2, 0.25) is 0 Å². The number of carbonyl (C=O) groups excluding carboxylic acids is 1. The maximum Gasteiger partial charge on any atom is 0.253 e. The molecule has 0 bridgehead atoms. The van der Waals surface area contributed by atoms with Crippen molar-refractivity contribution < 1.29 is 4.79 Å². The first-order valence-corrected chi connectivity index (χ1v) is 6.37. The molecule has 1 amide bonds. The normalized spacial score (nSPS) is 10.1. The van der Waals surface area contributed by atoms with Gasteiger partial charge in [-0.25, -0.2) is 0 Å². The number of pyridine rings is 1. The van der Waals surface area contributed by atoms with Gasteiger partial charge >= 0.3 is 0 Å². The minimum Gasteiger partial charge on any atom is -0.399 e. The van der Waals surface area contributed by atoms with E-state index in [-0.39, 0.29) is 5.91 Å². The topological polar surface area (TPSA) is 80.0 Å². The number of carbonyl (C=O) groups is 1. The van der Waals surface area contributed by atoms with Gasteiger partial charge in [-0.1, -0.05) is 0 Å². The molecular formula is C15H18N4O. The molecule has 1 aromatic heterocycles. The maximum atomic E-state index is 11.8. The summed E-state index contributed by atoms with van der Waals surface area (Å²) in [5, 5.41) is 5.86. The van der Waals surface area contributed by atoms with Crippen molar-refractivity contribution in [2.75, 3.05) is 18.1 Å². The molecule has 1 aromatic carbocycles. The van der Waals surface area contributed by atoms with Gasteiger partial charge in [0.1, 0.15) is 0 Å². The lowest BCUT2D eigenvalue weighted by Gasteiger charge is -2.13. The lowest BCUT2D eigenvalue weighted by Crippen LogP contribution is -2.19. The number of aryl methyl sites for hydroxylation is 1. The highest BCUT2D eigenvalue weighted by Crippen LogP contribution is 2.20. The molecule has 0 spiro atoms. The van der Waals surface area contributed by atoms with E-state index in [1.807, 2.05) is 19.2 Å². The minimum absolute atomic E-state index is 0.143. The number of nitrogens with one attached hydrogen (secondary N) is 2. The summed E-state index contributed by atoms with van der Waals surface area (Å²) in [6.45, 7) is 2.62. The van der Waals surface area contributed by atoms with Crippen molar-refractivity contribution in [1.82, 2.24) is 10.3 Å². The van der Waals surface area contributed by atoms with Crippen LogP contribution < -0.4 is 16.4 Å². The average Bonchev–Trinajstić information content (AvgIpc) is 2.46. The van der Waals surface area contributed by atoms with Crippen LogP contribution in [0, 0.1) is 6.92 Å². The summed E-state index contributed by atoms with van der Waals surface area (Å²) in [4.78, 5) is 15.9. The zero-order valence-corrected chi connectivity index (χ0v) is 11.6. The predicted molar refractivity (Wildman–Crippen MR) is 80.5 cm³/mol. The SMILES string of the molecule is CNC(=O)c1ccc(N)cc1NCc1cnccc1C. The zero-order chi connectivity index (χ0) is 14.5. The predicted octanol–water partition coefficient (Wildman–Crippen LogP) is 1.94. The van der Waals surface area contributed by atoms with Gasteiger partial charge in [-0.2, -0.15) is 0 Å². The summed E-state index contributed by atoms with van der Waals surface area (Å²) < 4.78 is 0. The Kier molecular flexibility index (Phi) is 4.20. The van der Waals surface area contributed by atoms with Crippen LogP contribution in [-0.4, -0.2) is 17.9 Å². The first kappa shape index (κ1) is 13.9. The smallest absolute Gasteiger partial charge is 0.253 e. The van der Waals surface area contributed by atoms with Crippen LogP contribution in [0.5, 0.6) is 0 Å². The average molecular weight is 270 g/mol. The van der Waals surface area contributed by atoms with Gasteiger partial charge < -0.3 is 16.4 Å². The Labute approximate surface area is 118 Å². The number of nitrogen functional groups attached to an aromatic ring is 1. The molecule has 104 valence electrons. The third-order valence-electron chi connectivity index (χ3n) is 3.13. The Morgan fingerprint density at radius 2 is 2.15 bits per heavy atom. The number of nitrogens with zero attached hydrogens (tertiary/aromatic N) is 1. The van der Waals surface area contributed by atoms with E-state index >= 15 is 0 Å². The summed E-state index contributed by atoms with van der Waals surface area (Å²) in [7, 11) is 1.60. The van der Waals surface area contributed by atoms with Crippen LogP contribution in [0.15, 0.2) is 36.7 Å². The fourth-order valence-corrected chi connectivity index (χ4v) is 1.91. The Morgan fingerprint density at radius 1 is 1.35 bits per heavy atom. The summed E-state index contributed by atoms with van der Waals surface area (Å²) in [6.07, 6.45) is 3.57. The summed E-state index contributed by atoms with van der Waals surface area (Å²) in [6, 6.07) is 7.14. The van der Waals surface area contributed by atoms with E-state index in [0.29, 0.717) is 23.5 Å². The standard InChI is InChI=1S/C15H18N4O/c1-10-5-6-18-8-11(10)9-19-14-7-12(16)3-4-13(14)15(20)17-2/h3-8,19H,9,16H2,1-2H3,(H,17,20). The van der Waals surface area contributed by atoms with Gasteiger partial charge in [-0.3, -0.25) is 9.78 Å². The Hall–Kier alpha value is -2.56. The first-order valence-electron chi connectivity index (χ1n) is 6.37. The van der Waals surface area contributed by atoms with Crippen LogP contribution in [0.1, 0.15) is 21.5 Å². The monoisotopic (exact) mass is 270 g/mol. The van der Waals surface area contributed by atoms with Crippen molar-refractivity contribution in [3.8, 4) is 0 Å². The first-order chi connectivity index (χ1) is 9.61. The van der Waals surface area contributed by atoms with Crippen molar-refractivity contribution in [1.29, 1.82) is 0 Å². The highest BCUT2D eigenvalue weighted by Gasteiger charge is 2.10. The summed E-state index contributed by atoms with van der Waals surface area (Å²) in [5.74, 6) is -0.143. The molecule has 0 aliphatic rings. The van der Waals surface area contributed by atoms with Crippen LogP contribution in [0.4, 0.5) is 11.4 Å². The molecule has 0 radical (unpaired) electrons. The number of hydrogen-bond acceptors (Lipinski definition) is 4. The maximum absolute atomic E-state index is 11.8. The van der Waals surface area contributed by atoms with E-state index in [1.165, 1.54) is 0 Å². The molecule has 4 N–H and O–H groups in total. The summed E-state index contributed by atoms with van der Waals surface area (Å²) >= 11 is 0. The largest absolute Gasteiger partial charge is 0.399 e. The molecule has 0 unspecified atom stereocenters. The number of aromatic nitrogens is 1. The minimum atomic E-state index is -0.143. The van der Waals surface area contributed by atoms with E-state index in [4.69, 9.17) is 5.73 Å². The molecule has 0 aliphatic carbocycles. The van der Waals surface area contributed by atoms with E-state index < -0.39 is 0 Å². The third-order valence-corrected chi connectivity index (χ3v) is 3.13. The van der Waals surface area contributed by atoms with Gasteiger partial charge in [0.05, 0.1) is 5.56 Å². The number of hydrogen-bond donors (Lipinski definition) is 3. The molecular weight excluding hydrogens is 252 g/mol. The second-order valence-electron chi connectivity index (χ2n) is 4.54. The second kappa shape index (κ2) is 6.06. The van der Waals surface area contributed by atoms with Gasteiger partial charge in [0.25, 0.3) is 5.91 Å². The molecule has 0 saturated carbocycles. The van der Waals surface area contributed by atoms with Crippen LogP contribution >= 0.6 is 0 Å². The Morgan fingerprint density at radius 3 is 2.85 bits per heavy atom. The molecule has 0 saturated heterocycles. The fourth-order valence-electron chi connectivity index (χ4n) is 1.91. The number of rotatable bonds is 4. The number of benzene rings is 1. The van der Waals surface area contributed by atoms with Crippen LogP contribution in [0.25, 0.3) is 0 Å². The number of amides is 1. The van der Waals surface area contributed by atoms with Crippen molar-refractivity contribution in [3.63, 3.8) is 0 Å². The zero-order valence-electron chi connectivity index (χ0n) is 11.6. The quantitative estimate of drug-likeness (QED) is 0.742. The van der Waals surface area contributed by atoms with Gasteiger partial charge in [0.15, 0.2) is 0 Å². The highest BCUT2D eigenvalue weighted by molar-refractivity contribution is 6.00. The lowest BCUT2D eigenvalue weighted by molar-refractivity contribution is 0.0964. The molecule has 0 atom stereocenters. The molecule has 20 heavy (non-hydrogen) atoms. The molecule has 1 heterocycles. The molecule has 2 aromatic rings. The molecule has 2 rings (SSSR count). The van der Waals surface area contributed by atoms with E-state index in [9.17, 15) is 4.79 Å². The van der Waals surface area contributed by atoms with E-state index in [0.717, 1.165) is 11.1 Å². The van der Waals surface area contributed by atoms with Crippen molar-refractivity contribution in [2.45, 2.75) is 13.5 Å². The molecule has 0 fully saturated rings. The highest BCUT2D eigenvalue weighted by atomic mass is 16.1. The van der Waals surface area contributed by atoms with Gasteiger partial charge in [-0.15, -0.1) is 0 Å². The fraction of sp³-hybridized carbons (Fsp3) is 0.200. The molecule has 5 heteroatoms. The van der Waals surface area contributed by atoms with Crippen LogP contribution in [0.3, 0.4) is 0 Å². The summed E-state index contributed by atoms with van der Waals surface area (Å²) in [5.41, 5.74) is 9.92. The number of nitrogens with two attached hydrogens (primary N) is 1. The van der Waals surface area contributed by atoms with Crippen molar-refractivity contribution >= 4 is 17.3 Å². The van der Waals surface area contributed by atoms with Gasteiger partial charge in [0, 0.05) is 37.4 Å². The molecule has 0 aliphatic heterocycles.